The van der Waals surface area contributed by atoms with Crippen molar-refractivity contribution in [3.63, 3.8) is 0 Å². The average Bonchev–Trinajstić information content (AvgIpc) is 2.61. The maximum absolute atomic E-state index is 14.2. The number of fused-ring (bicyclic) bond motifs is 1. The van der Waals surface area contributed by atoms with Crippen LogP contribution in [0.25, 0.3) is 0 Å². The zero-order valence-electron chi connectivity index (χ0n) is 14.2. The second-order valence-electron chi connectivity index (χ2n) is 6.40. The number of rotatable bonds is 4. The van der Waals surface area contributed by atoms with E-state index in [1.54, 1.807) is 11.0 Å². The lowest BCUT2D eigenvalue weighted by molar-refractivity contribution is -0.120. The standard InChI is InChI=1S/C20H23FN2O/c1-15(16-8-4-3-5-9-16)22(2)14-19(24)23-13-7-11-17-10-6-12-18(21)20(17)23/h3-6,8-10,12,15H,7,11,13-14H2,1-2H3. The van der Waals surface area contributed by atoms with Gasteiger partial charge >= 0.3 is 0 Å². The summed E-state index contributed by atoms with van der Waals surface area (Å²) in [4.78, 5) is 16.4. The monoisotopic (exact) mass is 326 g/mol. The van der Waals surface area contributed by atoms with Crippen molar-refractivity contribution in [2.24, 2.45) is 0 Å². The lowest BCUT2D eigenvalue weighted by atomic mass is 10.0. The third kappa shape index (κ3) is 3.34. The predicted octanol–water partition coefficient (Wildman–Crippen LogP) is 3.80. The maximum Gasteiger partial charge on any atom is 0.241 e. The van der Waals surface area contributed by atoms with Crippen LogP contribution in [0, 0.1) is 5.82 Å². The van der Waals surface area contributed by atoms with Crippen molar-refractivity contribution >= 4 is 11.6 Å². The number of nitrogens with zero attached hydrogens (tertiary/aromatic N) is 2. The summed E-state index contributed by atoms with van der Waals surface area (Å²) in [5.41, 5.74) is 2.56. The van der Waals surface area contributed by atoms with E-state index in [-0.39, 0.29) is 24.3 Å². The summed E-state index contributed by atoms with van der Waals surface area (Å²) >= 11 is 0. The predicted molar refractivity (Wildman–Crippen MR) is 94.6 cm³/mol. The van der Waals surface area contributed by atoms with Crippen LogP contribution in [0.2, 0.25) is 0 Å². The van der Waals surface area contributed by atoms with Crippen LogP contribution in [0.3, 0.4) is 0 Å². The van der Waals surface area contributed by atoms with Gasteiger partial charge in [0, 0.05) is 12.6 Å². The fourth-order valence-corrected chi connectivity index (χ4v) is 3.27. The van der Waals surface area contributed by atoms with Gasteiger partial charge in [-0.15, -0.1) is 0 Å². The summed E-state index contributed by atoms with van der Waals surface area (Å²) in [6.07, 6.45) is 1.70. The number of anilines is 1. The number of para-hydroxylation sites is 1. The first-order chi connectivity index (χ1) is 11.6. The van der Waals surface area contributed by atoms with Gasteiger partial charge in [-0.3, -0.25) is 9.69 Å². The Bertz CT molecular complexity index is 717. The molecule has 1 aliphatic heterocycles. The first-order valence-corrected chi connectivity index (χ1v) is 8.41. The van der Waals surface area contributed by atoms with E-state index in [1.165, 1.54) is 6.07 Å². The van der Waals surface area contributed by atoms with E-state index in [4.69, 9.17) is 0 Å². The minimum atomic E-state index is -0.306. The van der Waals surface area contributed by atoms with E-state index < -0.39 is 0 Å². The first kappa shape index (κ1) is 16.7. The number of halogens is 1. The molecule has 1 atom stereocenters. The summed E-state index contributed by atoms with van der Waals surface area (Å²) < 4.78 is 14.2. The molecule has 3 nitrogen and oxygen atoms in total. The Labute approximate surface area is 142 Å². The molecule has 0 saturated carbocycles. The van der Waals surface area contributed by atoms with Crippen molar-refractivity contribution in [3.05, 3.63) is 65.5 Å². The Hall–Kier alpha value is -2.20. The van der Waals surface area contributed by atoms with Crippen LogP contribution in [-0.4, -0.2) is 30.9 Å². The number of hydrogen-bond donors (Lipinski definition) is 0. The topological polar surface area (TPSA) is 23.6 Å². The molecule has 0 aliphatic carbocycles. The summed E-state index contributed by atoms with van der Waals surface area (Å²) in [5.74, 6) is -0.356. The number of amides is 1. The van der Waals surface area contributed by atoms with Gasteiger partial charge in [0.05, 0.1) is 12.2 Å². The normalized spacial score (nSPS) is 15.2. The average molecular weight is 326 g/mol. The minimum absolute atomic E-state index is 0.0497. The van der Waals surface area contributed by atoms with Crippen LogP contribution in [0.1, 0.15) is 30.5 Å². The van der Waals surface area contributed by atoms with Crippen LogP contribution in [0.5, 0.6) is 0 Å². The smallest absolute Gasteiger partial charge is 0.241 e. The molecule has 3 rings (SSSR count). The molecule has 1 amide bonds. The van der Waals surface area contributed by atoms with Gasteiger partial charge in [-0.2, -0.15) is 0 Å². The molecule has 2 aromatic carbocycles. The highest BCUT2D eigenvalue weighted by molar-refractivity contribution is 5.96. The number of likely N-dealkylation sites (N-methyl/N-ethyl adjacent to an activating group) is 1. The van der Waals surface area contributed by atoms with Gasteiger partial charge in [0.25, 0.3) is 0 Å². The Kier molecular flexibility index (Phi) is 4.95. The molecular formula is C20H23FN2O. The third-order valence-corrected chi connectivity index (χ3v) is 4.80. The van der Waals surface area contributed by atoms with Crippen LogP contribution in [0.4, 0.5) is 10.1 Å². The van der Waals surface area contributed by atoms with E-state index in [9.17, 15) is 9.18 Å². The van der Waals surface area contributed by atoms with Crippen LogP contribution >= 0.6 is 0 Å². The fourth-order valence-electron chi connectivity index (χ4n) is 3.27. The Morgan fingerprint density at radius 3 is 2.71 bits per heavy atom. The third-order valence-electron chi connectivity index (χ3n) is 4.80. The second-order valence-corrected chi connectivity index (χ2v) is 6.40. The molecule has 24 heavy (non-hydrogen) atoms. The molecule has 0 saturated heterocycles. The quantitative estimate of drug-likeness (QED) is 0.853. The van der Waals surface area contributed by atoms with Gasteiger partial charge < -0.3 is 4.90 Å². The van der Waals surface area contributed by atoms with Crippen LogP contribution in [0.15, 0.2) is 48.5 Å². The lowest BCUT2D eigenvalue weighted by Gasteiger charge is -2.32. The molecule has 126 valence electrons. The van der Waals surface area contributed by atoms with Crippen LogP contribution in [-0.2, 0) is 11.2 Å². The fraction of sp³-hybridized carbons (Fsp3) is 0.350. The van der Waals surface area contributed by atoms with E-state index in [0.29, 0.717) is 12.2 Å². The number of benzene rings is 2. The van der Waals surface area contributed by atoms with Crippen LogP contribution < -0.4 is 4.90 Å². The number of carbonyl (C=O) groups excluding carboxylic acids is 1. The number of hydrogen-bond acceptors (Lipinski definition) is 2. The molecule has 4 heteroatoms. The Morgan fingerprint density at radius 2 is 1.96 bits per heavy atom. The summed E-state index contributed by atoms with van der Waals surface area (Å²) in [7, 11) is 1.93. The van der Waals surface area contributed by atoms with Crippen molar-refractivity contribution < 1.29 is 9.18 Å². The van der Waals surface area contributed by atoms with Crippen molar-refractivity contribution in [1.29, 1.82) is 0 Å². The molecule has 0 aromatic heterocycles. The molecule has 0 spiro atoms. The molecule has 0 N–H and O–H groups in total. The molecule has 2 aromatic rings. The minimum Gasteiger partial charge on any atom is -0.308 e. The van der Waals surface area contributed by atoms with Crippen molar-refractivity contribution in [2.75, 3.05) is 25.0 Å². The van der Waals surface area contributed by atoms with E-state index >= 15 is 0 Å². The van der Waals surface area contributed by atoms with Gasteiger partial charge in [-0.25, -0.2) is 4.39 Å². The lowest BCUT2D eigenvalue weighted by Crippen LogP contribution is -2.42. The molecule has 1 aliphatic rings. The molecule has 1 heterocycles. The highest BCUT2D eigenvalue weighted by atomic mass is 19.1. The number of carbonyl (C=O) groups is 1. The summed E-state index contributed by atoms with van der Waals surface area (Å²) in [6.45, 7) is 2.93. The van der Waals surface area contributed by atoms with E-state index in [1.807, 2.05) is 36.2 Å². The van der Waals surface area contributed by atoms with E-state index in [2.05, 4.69) is 19.1 Å². The summed E-state index contributed by atoms with van der Waals surface area (Å²) in [6, 6.07) is 15.3. The zero-order valence-corrected chi connectivity index (χ0v) is 14.2. The number of aryl methyl sites for hydroxylation is 1. The highest BCUT2D eigenvalue weighted by Gasteiger charge is 2.27. The van der Waals surface area contributed by atoms with Gasteiger partial charge in [-0.05, 0) is 44.0 Å². The molecule has 1 unspecified atom stereocenters. The van der Waals surface area contributed by atoms with Gasteiger partial charge in [-0.1, -0.05) is 42.5 Å². The second kappa shape index (κ2) is 7.14. The highest BCUT2D eigenvalue weighted by Crippen LogP contribution is 2.30. The molecule has 0 radical (unpaired) electrons. The Morgan fingerprint density at radius 1 is 1.21 bits per heavy atom. The maximum atomic E-state index is 14.2. The van der Waals surface area contributed by atoms with Gasteiger partial charge in [0.15, 0.2) is 0 Å². The van der Waals surface area contributed by atoms with Crippen molar-refractivity contribution in [1.82, 2.24) is 4.90 Å². The van der Waals surface area contributed by atoms with E-state index in [0.717, 1.165) is 24.0 Å². The zero-order chi connectivity index (χ0) is 17.1. The molecule has 0 fully saturated rings. The van der Waals surface area contributed by atoms with Gasteiger partial charge in [0.1, 0.15) is 5.82 Å². The van der Waals surface area contributed by atoms with Crippen molar-refractivity contribution in [2.45, 2.75) is 25.8 Å². The van der Waals surface area contributed by atoms with Gasteiger partial charge in [0.2, 0.25) is 5.91 Å². The SMILES string of the molecule is CC(c1ccccc1)N(C)CC(=O)N1CCCc2cccc(F)c21. The molecular weight excluding hydrogens is 303 g/mol. The Balaban J connectivity index is 1.74. The summed E-state index contributed by atoms with van der Waals surface area (Å²) in [5, 5.41) is 0. The first-order valence-electron chi connectivity index (χ1n) is 8.41. The van der Waals surface area contributed by atoms with Crippen molar-refractivity contribution in [3.8, 4) is 0 Å². The molecule has 0 bridgehead atoms. The largest absolute Gasteiger partial charge is 0.308 e.